The molecule has 0 bridgehead atoms. The number of morpholine rings is 1. The van der Waals surface area contributed by atoms with E-state index in [-0.39, 0.29) is 11.9 Å². The largest absolute Gasteiger partial charge is 0.378 e. The predicted octanol–water partition coefficient (Wildman–Crippen LogP) is 1.56. The second-order valence-corrected chi connectivity index (χ2v) is 6.76. The van der Waals surface area contributed by atoms with E-state index >= 15 is 0 Å². The summed E-state index contributed by atoms with van der Waals surface area (Å²) in [6.07, 6.45) is 4.41. The summed E-state index contributed by atoms with van der Waals surface area (Å²) in [5.41, 5.74) is 1.24. The van der Waals surface area contributed by atoms with Crippen molar-refractivity contribution in [2.24, 2.45) is 0 Å². The predicted molar refractivity (Wildman–Crippen MR) is 100 cm³/mol. The van der Waals surface area contributed by atoms with Crippen molar-refractivity contribution < 1.29 is 9.53 Å². The molecule has 0 aliphatic carbocycles. The van der Waals surface area contributed by atoms with Crippen molar-refractivity contribution in [2.45, 2.75) is 13.0 Å². The lowest BCUT2D eigenvalue weighted by Gasteiger charge is -2.39. The van der Waals surface area contributed by atoms with Crippen LogP contribution >= 0.6 is 0 Å². The normalized spacial score (nSPS) is 21.6. The SMILES string of the molecule is C[C@H](C(=O)N1CCOCC1)N1CCN(C/C=C\c2ccccc2)CC1. The molecular weight excluding hydrogens is 314 g/mol. The summed E-state index contributed by atoms with van der Waals surface area (Å²) >= 11 is 0. The molecule has 1 aromatic carbocycles. The summed E-state index contributed by atoms with van der Waals surface area (Å²) in [5, 5.41) is 0. The molecule has 2 fully saturated rings. The van der Waals surface area contributed by atoms with E-state index in [0.717, 1.165) is 45.8 Å². The quantitative estimate of drug-likeness (QED) is 0.813. The molecule has 0 radical (unpaired) electrons. The fourth-order valence-corrected chi connectivity index (χ4v) is 3.44. The van der Waals surface area contributed by atoms with Crippen molar-refractivity contribution in [1.29, 1.82) is 0 Å². The van der Waals surface area contributed by atoms with Gasteiger partial charge in [-0.05, 0) is 12.5 Å². The van der Waals surface area contributed by atoms with Gasteiger partial charge in [0.1, 0.15) is 0 Å². The molecule has 0 saturated carbocycles. The van der Waals surface area contributed by atoms with Crippen LogP contribution in [-0.2, 0) is 9.53 Å². The molecule has 2 saturated heterocycles. The Bertz CT molecular complexity index is 562. The fraction of sp³-hybridized carbons (Fsp3) is 0.550. The number of hydrogen-bond donors (Lipinski definition) is 0. The Kier molecular flexibility index (Phi) is 6.62. The van der Waals surface area contributed by atoms with Crippen molar-refractivity contribution in [3.05, 3.63) is 42.0 Å². The highest BCUT2D eigenvalue weighted by Crippen LogP contribution is 2.11. The molecule has 3 rings (SSSR count). The molecule has 136 valence electrons. The Hall–Kier alpha value is -1.69. The first-order valence-corrected chi connectivity index (χ1v) is 9.28. The smallest absolute Gasteiger partial charge is 0.239 e. The number of rotatable bonds is 5. The van der Waals surface area contributed by atoms with Crippen molar-refractivity contribution in [2.75, 3.05) is 59.0 Å². The molecule has 2 aliphatic rings. The third kappa shape index (κ3) is 5.14. The number of amides is 1. The molecule has 2 heterocycles. The number of nitrogens with zero attached hydrogens (tertiary/aromatic N) is 3. The summed E-state index contributed by atoms with van der Waals surface area (Å²) in [6.45, 7) is 9.74. The van der Waals surface area contributed by atoms with Crippen molar-refractivity contribution in [1.82, 2.24) is 14.7 Å². The first kappa shape index (κ1) is 18.1. The van der Waals surface area contributed by atoms with E-state index in [1.165, 1.54) is 5.56 Å². The highest BCUT2D eigenvalue weighted by atomic mass is 16.5. The molecule has 0 unspecified atom stereocenters. The second-order valence-electron chi connectivity index (χ2n) is 6.76. The third-order valence-corrected chi connectivity index (χ3v) is 5.11. The number of carbonyl (C=O) groups excluding carboxylic acids is 1. The minimum absolute atomic E-state index is 0.0277. The molecule has 1 aromatic rings. The molecule has 1 amide bonds. The van der Waals surface area contributed by atoms with Crippen LogP contribution in [0.5, 0.6) is 0 Å². The van der Waals surface area contributed by atoms with Crippen LogP contribution in [-0.4, -0.2) is 85.7 Å². The van der Waals surface area contributed by atoms with Crippen LogP contribution in [0.4, 0.5) is 0 Å². The maximum absolute atomic E-state index is 12.6. The Labute approximate surface area is 150 Å². The third-order valence-electron chi connectivity index (χ3n) is 5.11. The lowest BCUT2D eigenvalue weighted by Crippen LogP contribution is -2.55. The molecule has 5 heteroatoms. The minimum Gasteiger partial charge on any atom is -0.378 e. The van der Waals surface area contributed by atoms with Gasteiger partial charge < -0.3 is 9.64 Å². The highest BCUT2D eigenvalue weighted by molar-refractivity contribution is 5.81. The van der Waals surface area contributed by atoms with E-state index < -0.39 is 0 Å². The van der Waals surface area contributed by atoms with Crippen LogP contribution in [0.2, 0.25) is 0 Å². The van der Waals surface area contributed by atoms with Crippen LogP contribution in [0.15, 0.2) is 36.4 Å². The Morgan fingerprint density at radius 3 is 2.44 bits per heavy atom. The van der Waals surface area contributed by atoms with Gasteiger partial charge in [0.2, 0.25) is 5.91 Å². The van der Waals surface area contributed by atoms with Gasteiger partial charge in [0.25, 0.3) is 0 Å². The fourth-order valence-electron chi connectivity index (χ4n) is 3.44. The maximum Gasteiger partial charge on any atom is 0.239 e. The van der Waals surface area contributed by atoms with Gasteiger partial charge in [-0.25, -0.2) is 0 Å². The summed E-state index contributed by atoms with van der Waals surface area (Å²) in [6, 6.07) is 10.4. The summed E-state index contributed by atoms with van der Waals surface area (Å²) in [7, 11) is 0. The van der Waals surface area contributed by atoms with Gasteiger partial charge in [0.05, 0.1) is 19.3 Å². The number of carbonyl (C=O) groups is 1. The molecule has 0 N–H and O–H groups in total. The summed E-state index contributed by atoms with van der Waals surface area (Å²) in [5.74, 6) is 0.251. The molecule has 2 aliphatic heterocycles. The molecule has 25 heavy (non-hydrogen) atoms. The van der Waals surface area contributed by atoms with E-state index in [9.17, 15) is 4.79 Å². The number of ether oxygens (including phenoxy) is 1. The lowest BCUT2D eigenvalue weighted by molar-refractivity contribution is -0.141. The second kappa shape index (κ2) is 9.13. The Morgan fingerprint density at radius 2 is 1.76 bits per heavy atom. The van der Waals surface area contributed by atoms with Gasteiger partial charge in [-0.2, -0.15) is 0 Å². The van der Waals surface area contributed by atoms with Crippen LogP contribution in [0.25, 0.3) is 6.08 Å². The van der Waals surface area contributed by atoms with E-state index in [0.29, 0.717) is 13.2 Å². The van der Waals surface area contributed by atoms with Gasteiger partial charge in [0, 0.05) is 45.8 Å². The number of benzene rings is 1. The zero-order valence-electron chi connectivity index (χ0n) is 15.1. The van der Waals surface area contributed by atoms with Crippen LogP contribution in [0, 0.1) is 0 Å². The van der Waals surface area contributed by atoms with Crippen LogP contribution in [0.3, 0.4) is 0 Å². The molecule has 0 aromatic heterocycles. The molecule has 1 atom stereocenters. The summed E-state index contributed by atoms with van der Waals surface area (Å²) < 4.78 is 5.34. The van der Waals surface area contributed by atoms with Crippen LogP contribution in [0.1, 0.15) is 12.5 Å². The minimum atomic E-state index is -0.0277. The Balaban J connectivity index is 1.42. The van der Waals surface area contributed by atoms with Gasteiger partial charge in [-0.3, -0.25) is 14.6 Å². The zero-order valence-corrected chi connectivity index (χ0v) is 15.1. The van der Waals surface area contributed by atoms with E-state index in [1.807, 2.05) is 17.9 Å². The monoisotopic (exact) mass is 343 g/mol. The molecular formula is C20H29N3O2. The lowest BCUT2D eigenvalue weighted by atomic mass is 10.2. The average Bonchev–Trinajstić information content (AvgIpc) is 2.69. The van der Waals surface area contributed by atoms with E-state index in [1.54, 1.807) is 0 Å². The van der Waals surface area contributed by atoms with Gasteiger partial charge >= 0.3 is 0 Å². The summed E-state index contributed by atoms with van der Waals surface area (Å²) in [4.78, 5) is 19.3. The average molecular weight is 343 g/mol. The molecule has 0 spiro atoms. The first-order chi connectivity index (χ1) is 12.2. The van der Waals surface area contributed by atoms with Crippen LogP contribution < -0.4 is 0 Å². The highest BCUT2D eigenvalue weighted by Gasteiger charge is 2.29. The number of hydrogen-bond acceptors (Lipinski definition) is 4. The van der Waals surface area contributed by atoms with Crippen molar-refractivity contribution in [3.8, 4) is 0 Å². The van der Waals surface area contributed by atoms with Gasteiger partial charge in [0.15, 0.2) is 0 Å². The van der Waals surface area contributed by atoms with E-state index in [2.05, 4.69) is 46.2 Å². The van der Waals surface area contributed by atoms with Crippen molar-refractivity contribution in [3.63, 3.8) is 0 Å². The number of piperazine rings is 1. The van der Waals surface area contributed by atoms with Gasteiger partial charge in [-0.15, -0.1) is 0 Å². The maximum atomic E-state index is 12.6. The standard InChI is InChI=1S/C20H29N3O2/c1-18(20(24)23-14-16-25-17-15-23)22-12-10-21(11-13-22)9-5-8-19-6-3-2-4-7-19/h2-8,18H,9-17H2,1H3/b8-5-/t18-/m1/s1. The topological polar surface area (TPSA) is 36.0 Å². The molecule has 5 nitrogen and oxygen atoms in total. The van der Waals surface area contributed by atoms with Crippen molar-refractivity contribution >= 4 is 12.0 Å². The zero-order chi connectivity index (χ0) is 17.5. The van der Waals surface area contributed by atoms with Gasteiger partial charge in [-0.1, -0.05) is 42.5 Å². The first-order valence-electron chi connectivity index (χ1n) is 9.28. The Morgan fingerprint density at radius 1 is 1.08 bits per heavy atom. The van der Waals surface area contributed by atoms with E-state index in [4.69, 9.17) is 4.74 Å².